The van der Waals surface area contributed by atoms with Gasteiger partial charge < -0.3 is 10.6 Å². The van der Waals surface area contributed by atoms with Gasteiger partial charge in [0.05, 0.1) is 0 Å². The van der Waals surface area contributed by atoms with Crippen molar-refractivity contribution < 1.29 is 9.59 Å². The number of hydrogen-bond donors (Lipinski definition) is 2. The predicted octanol–water partition coefficient (Wildman–Crippen LogP) is 0.961. The van der Waals surface area contributed by atoms with Crippen LogP contribution >= 0.6 is 0 Å². The van der Waals surface area contributed by atoms with Crippen LogP contribution in [0.2, 0.25) is 0 Å². The van der Waals surface area contributed by atoms with Crippen LogP contribution < -0.4 is 10.6 Å². The highest BCUT2D eigenvalue weighted by Gasteiger charge is 2.27. The van der Waals surface area contributed by atoms with E-state index in [1.165, 1.54) is 6.42 Å². The summed E-state index contributed by atoms with van der Waals surface area (Å²) in [6.45, 7) is 0.745. The Morgan fingerprint density at radius 1 is 1.12 bits per heavy atom. The van der Waals surface area contributed by atoms with E-state index >= 15 is 0 Å². The molecule has 0 aromatic rings. The largest absolute Gasteiger partial charge is 0.354 e. The third-order valence-corrected chi connectivity index (χ3v) is 3.58. The molecular weight excluding hydrogens is 204 g/mol. The summed E-state index contributed by atoms with van der Waals surface area (Å²) in [5.74, 6) is 0.209. The van der Waals surface area contributed by atoms with Crippen molar-refractivity contribution in [3.8, 4) is 0 Å². The molecule has 1 saturated heterocycles. The SMILES string of the molecule is O=C(NC1CCCNC1=O)C1CCCCC1. The summed E-state index contributed by atoms with van der Waals surface area (Å²) in [5, 5.41) is 5.67. The van der Waals surface area contributed by atoms with Crippen LogP contribution in [0.1, 0.15) is 44.9 Å². The van der Waals surface area contributed by atoms with Crippen molar-refractivity contribution in [3.05, 3.63) is 0 Å². The Balaban J connectivity index is 1.83. The van der Waals surface area contributed by atoms with Crippen molar-refractivity contribution in [3.63, 3.8) is 0 Å². The van der Waals surface area contributed by atoms with E-state index < -0.39 is 0 Å². The molecule has 2 aliphatic rings. The first-order chi connectivity index (χ1) is 7.77. The zero-order valence-electron chi connectivity index (χ0n) is 9.63. The highest BCUT2D eigenvalue weighted by Crippen LogP contribution is 2.23. The van der Waals surface area contributed by atoms with Gasteiger partial charge in [0.25, 0.3) is 0 Å². The monoisotopic (exact) mass is 224 g/mol. The van der Waals surface area contributed by atoms with E-state index in [1.807, 2.05) is 0 Å². The molecule has 0 radical (unpaired) electrons. The third kappa shape index (κ3) is 2.74. The fourth-order valence-electron chi connectivity index (χ4n) is 2.56. The fourth-order valence-corrected chi connectivity index (χ4v) is 2.56. The van der Waals surface area contributed by atoms with Gasteiger partial charge in [-0.1, -0.05) is 19.3 Å². The minimum absolute atomic E-state index is 0.0181. The van der Waals surface area contributed by atoms with Crippen LogP contribution in [0.5, 0.6) is 0 Å². The van der Waals surface area contributed by atoms with Gasteiger partial charge in [-0.2, -0.15) is 0 Å². The molecule has 16 heavy (non-hydrogen) atoms. The maximum absolute atomic E-state index is 11.9. The molecule has 0 bridgehead atoms. The van der Waals surface area contributed by atoms with Crippen molar-refractivity contribution in [1.82, 2.24) is 10.6 Å². The number of amides is 2. The van der Waals surface area contributed by atoms with Crippen molar-refractivity contribution in [2.75, 3.05) is 6.54 Å². The summed E-state index contributed by atoms with van der Waals surface area (Å²) in [5.41, 5.74) is 0. The lowest BCUT2D eigenvalue weighted by atomic mass is 9.88. The van der Waals surface area contributed by atoms with Gasteiger partial charge in [0, 0.05) is 12.5 Å². The first-order valence-corrected chi connectivity index (χ1v) is 6.35. The van der Waals surface area contributed by atoms with Gasteiger partial charge >= 0.3 is 0 Å². The Hall–Kier alpha value is -1.06. The van der Waals surface area contributed by atoms with E-state index in [9.17, 15) is 9.59 Å². The Morgan fingerprint density at radius 2 is 1.88 bits per heavy atom. The van der Waals surface area contributed by atoms with Gasteiger partial charge in [0.1, 0.15) is 6.04 Å². The molecule has 4 nitrogen and oxygen atoms in total. The maximum atomic E-state index is 11.9. The molecule has 1 aliphatic carbocycles. The topological polar surface area (TPSA) is 58.2 Å². The first kappa shape index (κ1) is 11.4. The minimum Gasteiger partial charge on any atom is -0.354 e. The van der Waals surface area contributed by atoms with Crippen LogP contribution in [-0.4, -0.2) is 24.4 Å². The van der Waals surface area contributed by atoms with Crippen molar-refractivity contribution >= 4 is 11.8 Å². The molecule has 2 fully saturated rings. The minimum atomic E-state index is -0.289. The van der Waals surface area contributed by atoms with Crippen LogP contribution in [0.4, 0.5) is 0 Å². The number of hydrogen-bond acceptors (Lipinski definition) is 2. The van der Waals surface area contributed by atoms with E-state index in [-0.39, 0.29) is 23.8 Å². The van der Waals surface area contributed by atoms with Crippen LogP contribution in [0.15, 0.2) is 0 Å². The van der Waals surface area contributed by atoms with Crippen molar-refractivity contribution in [2.45, 2.75) is 51.0 Å². The summed E-state index contributed by atoms with van der Waals surface area (Å²) in [6.07, 6.45) is 7.25. The zero-order valence-corrected chi connectivity index (χ0v) is 9.63. The normalized spacial score (nSPS) is 27.2. The van der Waals surface area contributed by atoms with Gasteiger partial charge in [-0.05, 0) is 25.7 Å². The third-order valence-electron chi connectivity index (χ3n) is 3.58. The quantitative estimate of drug-likeness (QED) is 0.734. The molecule has 1 heterocycles. The van der Waals surface area contributed by atoms with Gasteiger partial charge in [0.15, 0.2) is 0 Å². The average molecular weight is 224 g/mol. The van der Waals surface area contributed by atoms with Gasteiger partial charge in [-0.3, -0.25) is 9.59 Å². The van der Waals surface area contributed by atoms with Gasteiger partial charge in [-0.15, -0.1) is 0 Å². The second-order valence-electron chi connectivity index (χ2n) is 4.83. The summed E-state index contributed by atoms with van der Waals surface area (Å²) >= 11 is 0. The van der Waals surface area contributed by atoms with E-state index in [0.29, 0.717) is 0 Å². The number of rotatable bonds is 2. The molecule has 0 aromatic carbocycles. The van der Waals surface area contributed by atoms with Gasteiger partial charge in [0.2, 0.25) is 11.8 Å². The summed E-state index contributed by atoms with van der Waals surface area (Å²) < 4.78 is 0. The van der Waals surface area contributed by atoms with Crippen molar-refractivity contribution in [2.24, 2.45) is 5.92 Å². The van der Waals surface area contributed by atoms with Crippen molar-refractivity contribution in [1.29, 1.82) is 0 Å². The molecule has 2 N–H and O–H groups in total. The molecule has 90 valence electrons. The standard InChI is InChI=1S/C12H20N2O2/c15-11(9-5-2-1-3-6-9)14-10-7-4-8-13-12(10)16/h9-10H,1-8H2,(H,13,16)(H,14,15). The lowest BCUT2D eigenvalue weighted by molar-refractivity contribution is -0.132. The lowest BCUT2D eigenvalue weighted by Crippen LogP contribution is -2.51. The Bertz CT molecular complexity index is 272. The van der Waals surface area contributed by atoms with Crippen LogP contribution in [0.25, 0.3) is 0 Å². The van der Waals surface area contributed by atoms with Crippen LogP contribution in [0, 0.1) is 5.92 Å². The molecule has 1 unspecified atom stereocenters. The van der Waals surface area contributed by atoms with Crippen LogP contribution in [0.3, 0.4) is 0 Å². The summed E-state index contributed by atoms with van der Waals surface area (Å²) in [6, 6.07) is -0.289. The number of carbonyl (C=O) groups excluding carboxylic acids is 2. The first-order valence-electron chi connectivity index (χ1n) is 6.35. The molecule has 0 aromatic heterocycles. The number of nitrogens with one attached hydrogen (secondary N) is 2. The second kappa shape index (κ2) is 5.32. The maximum Gasteiger partial charge on any atom is 0.242 e. The Labute approximate surface area is 96.2 Å². The highest BCUT2D eigenvalue weighted by molar-refractivity contribution is 5.88. The molecule has 1 saturated carbocycles. The molecule has 1 aliphatic heterocycles. The molecule has 2 rings (SSSR count). The molecule has 0 spiro atoms. The smallest absolute Gasteiger partial charge is 0.242 e. The van der Waals surface area contributed by atoms with Gasteiger partial charge in [-0.25, -0.2) is 0 Å². The highest BCUT2D eigenvalue weighted by atomic mass is 16.2. The molecule has 4 heteroatoms. The Morgan fingerprint density at radius 3 is 2.56 bits per heavy atom. The molecule has 1 atom stereocenters. The van der Waals surface area contributed by atoms with E-state index in [0.717, 1.165) is 45.1 Å². The summed E-state index contributed by atoms with van der Waals surface area (Å²) in [7, 11) is 0. The van der Waals surface area contributed by atoms with E-state index in [4.69, 9.17) is 0 Å². The zero-order chi connectivity index (χ0) is 11.4. The summed E-state index contributed by atoms with van der Waals surface area (Å²) in [4.78, 5) is 23.4. The molecule has 2 amide bonds. The lowest BCUT2D eigenvalue weighted by Gasteiger charge is -2.26. The Kier molecular flexibility index (Phi) is 3.80. The van der Waals surface area contributed by atoms with E-state index in [2.05, 4.69) is 10.6 Å². The number of piperidine rings is 1. The fraction of sp³-hybridized carbons (Fsp3) is 0.833. The second-order valence-corrected chi connectivity index (χ2v) is 4.83. The molecular formula is C12H20N2O2. The average Bonchev–Trinajstić information content (AvgIpc) is 2.33. The number of carbonyl (C=O) groups is 2. The predicted molar refractivity (Wildman–Crippen MR) is 60.7 cm³/mol. The van der Waals surface area contributed by atoms with Crippen LogP contribution in [-0.2, 0) is 9.59 Å². The van der Waals surface area contributed by atoms with E-state index in [1.54, 1.807) is 0 Å².